The Morgan fingerprint density at radius 2 is 1.71 bits per heavy atom. The molecule has 2 aromatic carbocycles. The highest BCUT2D eigenvalue weighted by Crippen LogP contribution is 2.51. The average molecular weight is 610 g/mol. The maximum Gasteiger partial charge on any atom is 0.333 e. The van der Waals surface area contributed by atoms with E-state index in [9.17, 15) is 21.2 Å². The van der Waals surface area contributed by atoms with Crippen LogP contribution in [0.4, 0.5) is 8.78 Å². The molecule has 0 aliphatic heterocycles. The Morgan fingerprint density at radius 3 is 2.32 bits per heavy atom. The molecule has 2 aromatic rings. The average Bonchev–Trinajstić information content (AvgIpc) is 2.80. The van der Waals surface area contributed by atoms with E-state index in [-0.39, 0.29) is 42.7 Å². The van der Waals surface area contributed by atoms with Crippen LogP contribution in [0.2, 0.25) is 30.7 Å². The van der Waals surface area contributed by atoms with Crippen molar-refractivity contribution in [1.82, 2.24) is 0 Å². The van der Waals surface area contributed by atoms with Crippen LogP contribution >= 0.6 is 11.6 Å². The zero-order valence-electron chi connectivity index (χ0n) is 21.6. The molecule has 0 amide bonds. The summed E-state index contributed by atoms with van der Waals surface area (Å²) in [5.74, 6) is -2.36. The van der Waals surface area contributed by atoms with Crippen molar-refractivity contribution in [2.45, 2.75) is 67.1 Å². The largest absolute Gasteiger partial charge is 0.382 e. The predicted molar refractivity (Wildman–Crippen MR) is 146 cm³/mol. The lowest BCUT2D eigenvalue weighted by Crippen LogP contribution is -2.47. The van der Waals surface area contributed by atoms with Gasteiger partial charge in [-0.25, -0.2) is 22.3 Å². The van der Waals surface area contributed by atoms with Crippen LogP contribution in [0.3, 0.4) is 0 Å². The first-order valence-corrected chi connectivity index (χ1v) is 19.3. The highest BCUT2D eigenvalue weighted by molar-refractivity contribution is 7.92. The zero-order valence-corrected chi connectivity index (χ0v) is 25.0. The minimum Gasteiger partial charge on any atom is -0.382 e. The zero-order chi connectivity index (χ0) is 28.4. The fourth-order valence-electron chi connectivity index (χ4n) is 4.89. The molecule has 0 unspecified atom stereocenters. The number of ether oxygens (including phenoxy) is 1. The van der Waals surface area contributed by atoms with Gasteiger partial charge in [-0.2, -0.15) is 8.42 Å². The second-order valence-electron chi connectivity index (χ2n) is 10.9. The Kier molecular flexibility index (Phi) is 9.82. The number of nitrogens with two attached hydrogens (primary N) is 1. The van der Waals surface area contributed by atoms with E-state index in [2.05, 4.69) is 19.6 Å². The number of hydrogen-bond acceptors (Lipinski definition) is 6. The van der Waals surface area contributed by atoms with E-state index in [4.69, 9.17) is 25.7 Å². The highest BCUT2D eigenvalue weighted by atomic mass is 35.5. The van der Waals surface area contributed by atoms with Crippen LogP contribution in [-0.4, -0.2) is 44.2 Å². The Morgan fingerprint density at radius 1 is 1.05 bits per heavy atom. The van der Waals surface area contributed by atoms with Crippen molar-refractivity contribution in [2.24, 2.45) is 11.1 Å². The molecule has 0 bridgehead atoms. The van der Waals surface area contributed by atoms with Gasteiger partial charge in [0.25, 0.3) is 0 Å². The molecule has 1 aliphatic carbocycles. The number of hydrogen-bond donors (Lipinski definition) is 1. The molecule has 13 heteroatoms. The molecular weight excluding hydrogens is 576 g/mol. The summed E-state index contributed by atoms with van der Waals surface area (Å²) in [5.41, 5.74) is -0.314. The summed E-state index contributed by atoms with van der Waals surface area (Å²) in [4.78, 5) is -0.110. The third-order valence-corrected chi connectivity index (χ3v) is 11.9. The molecule has 2 N–H and O–H groups in total. The summed E-state index contributed by atoms with van der Waals surface area (Å²) < 4.78 is 90.6. The monoisotopic (exact) mass is 609 g/mol. The topological polar surface area (TPSA) is 113 Å². The SMILES string of the molecule is C[Si](C)(C)CCOCC[C@@H]1C[C@](c2cc(F)ccc2F)(S(=O)(=O)c2ccc(Cl)cc2)CC[C@@H]1OS(N)(=O)=O. The minimum atomic E-state index is -4.35. The van der Waals surface area contributed by atoms with Crippen LogP contribution in [0.15, 0.2) is 47.4 Å². The van der Waals surface area contributed by atoms with Crippen LogP contribution < -0.4 is 5.14 Å². The van der Waals surface area contributed by atoms with E-state index in [1.54, 1.807) is 0 Å². The lowest BCUT2D eigenvalue weighted by Gasteiger charge is -2.44. The van der Waals surface area contributed by atoms with Crippen molar-refractivity contribution < 1.29 is 34.5 Å². The van der Waals surface area contributed by atoms with Crippen molar-refractivity contribution in [2.75, 3.05) is 13.2 Å². The molecule has 3 atom stereocenters. The van der Waals surface area contributed by atoms with Crippen LogP contribution in [0.1, 0.15) is 31.2 Å². The molecular formula is C25H34ClF2NO6S2Si. The summed E-state index contributed by atoms with van der Waals surface area (Å²) >= 11 is 5.96. The van der Waals surface area contributed by atoms with Crippen LogP contribution in [0.25, 0.3) is 0 Å². The molecule has 0 spiro atoms. The highest BCUT2D eigenvalue weighted by Gasteiger charge is 2.53. The molecule has 1 fully saturated rings. The van der Waals surface area contributed by atoms with Crippen molar-refractivity contribution in [3.05, 3.63) is 64.7 Å². The van der Waals surface area contributed by atoms with E-state index < -0.39 is 56.6 Å². The van der Waals surface area contributed by atoms with Gasteiger partial charge < -0.3 is 4.74 Å². The fraction of sp³-hybridized carbons (Fsp3) is 0.520. The van der Waals surface area contributed by atoms with Crippen molar-refractivity contribution in [3.63, 3.8) is 0 Å². The number of rotatable bonds is 11. The Bertz CT molecular complexity index is 1340. The minimum absolute atomic E-state index is 0.0707. The summed E-state index contributed by atoms with van der Waals surface area (Å²) in [6, 6.07) is 9.07. The lowest BCUT2D eigenvalue weighted by atomic mass is 9.74. The molecule has 0 heterocycles. The predicted octanol–water partition coefficient (Wildman–Crippen LogP) is 5.42. The molecule has 0 radical (unpaired) electrons. The molecule has 1 aliphatic rings. The molecule has 1 saturated carbocycles. The van der Waals surface area contributed by atoms with E-state index in [1.807, 2.05) is 0 Å². The lowest BCUT2D eigenvalue weighted by molar-refractivity contribution is 0.0483. The van der Waals surface area contributed by atoms with E-state index in [1.165, 1.54) is 24.3 Å². The van der Waals surface area contributed by atoms with Gasteiger partial charge in [-0.15, -0.1) is 0 Å². The molecule has 38 heavy (non-hydrogen) atoms. The normalized spacial score (nSPS) is 22.9. The molecule has 3 rings (SSSR count). The van der Waals surface area contributed by atoms with Crippen molar-refractivity contribution >= 4 is 39.8 Å². The van der Waals surface area contributed by atoms with Gasteiger partial charge in [0.2, 0.25) is 0 Å². The molecule has 0 aromatic heterocycles. The van der Waals surface area contributed by atoms with Crippen molar-refractivity contribution in [3.8, 4) is 0 Å². The van der Waals surface area contributed by atoms with Gasteiger partial charge in [0.15, 0.2) is 9.84 Å². The summed E-state index contributed by atoms with van der Waals surface area (Å²) in [7, 11) is -10.0. The maximum atomic E-state index is 15.2. The Labute approximate surface area is 229 Å². The second kappa shape index (κ2) is 12.0. The van der Waals surface area contributed by atoms with E-state index >= 15 is 4.39 Å². The molecule has 212 valence electrons. The van der Waals surface area contributed by atoms with Gasteiger partial charge >= 0.3 is 10.3 Å². The number of halogens is 3. The van der Waals surface area contributed by atoms with Gasteiger partial charge in [-0.1, -0.05) is 31.2 Å². The third-order valence-electron chi connectivity index (χ3n) is 6.90. The molecule has 0 saturated heterocycles. The quantitative estimate of drug-likeness (QED) is 0.269. The van der Waals surface area contributed by atoms with Crippen LogP contribution in [-0.2, 0) is 33.8 Å². The van der Waals surface area contributed by atoms with Crippen LogP contribution in [0, 0.1) is 17.6 Å². The standard InChI is InChI=1S/C25H34ClF2NO6S2Si/c1-38(2,3)15-14-34-13-11-18-17-25(12-10-24(18)35-37(29,32)33,22-16-20(27)6-9-23(22)28)36(30,31)21-7-4-19(26)5-8-21/h4-9,16,18,24H,10-15,17H2,1-3H3,(H2,29,32,33)/t18-,24+,25-/m1/s1. The smallest absolute Gasteiger partial charge is 0.333 e. The first-order valence-electron chi connectivity index (χ1n) is 12.3. The maximum absolute atomic E-state index is 15.2. The second-order valence-corrected chi connectivity index (χ2v) is 20.4. The third kappa shape index (κ3) is 7.61. The summed E-state index contributed by atoms with van der Waals surface area (Å²) in [6.45, 7) is 7.34. The van der Waals surface area contributed by atoms with E-state index in [0.29, 0.717) is 11.6 Å². The van der Waals surface area contributed by atoms with Gasteiger partial charge in [-0.05, 0) is 80.1 Å². The van der Waals surface area contributed by atoms with Crippen molar-refractivity contribution in [1.29, 1.82) is 0 Å². The number of benzene rings is 2. The van der Waals surface area contributed by atoms with Gasteiger partial charge in [0.05, 0.1) is 11.0 Å². The van der Waals surface area contributed by atoms with Crippen LogP contribution in [0.5, 0.6) is 0 Å². The first kappa shape index (κ1) is 31.1. The molecule has 7 nitrogen and oxygen atoms in total. The fourth-order valence-corrected chi connectivity index (χ4v) is 8.58. The first-order chi connectivity index (χ1) is 17.5. The Balaban J connectivity index is 2.05. The summed E-state index contributed by atoms with van der Waals surface area (Å²) in [5, 5.41) is 5.46. The van der Waals surface area contributed by atoms with E-state index in [0.717, 1.165) is 24.2 Å². The summed E-state index contributed by atoms with van der Waals surface area (Å²) in [6.07, 6.45) is -1.23. The number of sulfone groups is 1. The van der Waals surface area contributed by atoms with Gasteiger partial charge in [-0.3, -0.25) is 4.18 Å². The van der Waals surface area contributed by atoms with Gasteiger partial charge in [0.1, 0.15) is 16.4 Å². The Hall–Kier alpha value is -1.41. The van der Waals surface area contributed by atoms with Gasteiger partial charge in [0, 0.05) is 31.9 Å².